The van der Waals surface area contributed by atoms with Gasteiger partial charge in [-0.1, -0.05) is 30.3 Å². The molecule has 0 bridgehead atoms. The Labute approximate surface area is 124 Å². The van der Waals surface area contributed by atoms with Crippen molar-refractivity contribution in [2.24, 2.45) is 0 Å². The largest absolute Gasteiger partial charge is 0.347 e. The third-order valence-electron chi connectivity index (χ3n) is 2.90. The van der Waals surface area contributed by atoms with Crippen LogP contribution in [0.5, 0.6) is 0 Å². The highest BCUT2D eigenvalue weighted by Crippen LogP contribution is 2.14. The van der Waals surface area contributed by atoms with E-state index in [2.05, 4.69) is 27.1 Å². The van der Waals surface area contributed by atoms with Crippen LogP contribution in [0.3, 0.4) is 0 Å². The van der Waals surface area contributed by atoms with E-state index < -0.39 is 0 Å². The SMILES string of the molecule is CN(C)c1nc(Cl)nc(N(C)CCc2ccccc2)n1. The predicted molar refractivity (Wildman–Crippen MR) is 82.6 cm³/mol. The normalized spacial score (nSPS) is 10.4. The Morgan fingerprint density at radius 3 is 2.25 bits per heavy atom. The Morgan fingerprint density at radius 2 is 1.60 bits per heavy atom. The Kier molecular flexibility index (Phi) is 4.74. The van der Waals surface area contributed by atoms with Gasteiger partial charge in [0, 0.05) is 27.7 Å². The van der Waals surface area contributed by atoms with Gasteiger partial charge in [0.1, 0.15) is 0 Å². The minimum Gasteiger partial charge on any atom is -0.347 e. The molecule has 1 aromatic carbocycles. The molecule has 0 fully saturated rings. The van der Waals surface area contributed by atoms with Crippen LogP contribution in [0.15, 0.2) is 30.3 Å². The van der Waals surface area contributed by atoms with Gasteiger partial charge < -0.3 is 9.80 Å². The number of anilines is 2. The summed E-state index contributed by atoms with van der Waals surface area (Å²) in [7, 11) is 5.70. The molecule has 0 unspecified atom stereocenters. The van der Waals surface area contributed by atoms with Crippen molar-refractivity contribution in [3.8, 4) is 0 Å². The van der Waals surface area contributed by atoms with Crippen LogP contribution in [0.1, 0.15) is 5.56 Å². The monoisotopic (exact) mass is 291 g/mol. The molecule has 0 aliphatic rings. The van der Waals surface area contributed by atoms with E-state index in [0.29, 0.717) is 11.9 Å². The van der Waals surface area contributed by atoms with Gasteiger partial charge in [0.05, 0.1) is 0 Å². The fourth-order valence-electron chi connectivity index (χ4n) is 1.74. The van der Waals surface area contributed by atoms with Crippen LogP contribution < -0.4 is 9.80 Å². The van der Waals surface area contributed by atoms with Gasteiger partial charge in [-0.15, -0.1) is 0 Å². The van der Waals surface area contributed by atoms with Crippen molar-refractivity contribution in [2.75, 3.05) is 37.5 Å². The quantitative estimate of drug-likeness (QED) is 0.845. The van der Waals surface area contributed by atoms with Crippen molar-refractivity contribution < 1.29 is 0 Å². The van der Waals surface area contributed by atoms with Crippen LogP contribution >= 0.6 is 11.6 Å². The number of likely N-dealkylation sites (N-methyl/N-ethyl adjacent to an activating group) is 1. The lowest BCUT2D eigenvalue weighted by molar-refractivity contribution is 0.821. The highest BCUT2D eigenvalue weighted by molar-refractivity contribution is 6.28. The average Bonchev–Trinajstić information content (AvgIpc) is 2.45. The van der Waals surface area contributed by atoms with E-state index in [1.807, 2.05) is 49.1 Å². The molecule has 5 nitrogen and oxygen atoms in total. The second-order valence-electron chi connectivity index (χ2n) is 4.76. The first kappa shape index (κ1) is 14.5. The maximum absolute atomic E-state index is 5.94. The fraction of sp³-hybridized carbons (Fsp3) is 0.357. The topological polar surface area (TPSA) is 45.2 Å². The molecule has 2 rings (SSSR count). The van der Waals surface area contributed by atoms with Crippen molar-refractivity contribution in [1.29, 1.82) is 0 Å². The lowest BCUT2D eigenvalue weighted by Gasteiger charge is -2.19. The average molecular weight is 292 g/mol. The molecule has 0 spiro atoms. The highest BCUT2D eigenvalue weighted by Gasteiger charge is 2.10. The molecular formula is C14H18ClN5. The van der Waals surface area contributed by atoms with Crippen LogP contribution in [0.2, 0.25) is 5.28 Å². The fourth-order valence-corrected chi connectivity index (χ4v) is 1.89. The Balaban J connectivity index is 2.07. The molecule has 0 amide bonds. The van der Waals surface area contributed by atoms with Crippen LogP contribution in [0.25, 0.3) is 0 Å². The molecule has 20 heavy (non-hydrogen) atoms. The first-order chi connectivity index (χ1) is 9.56. The van der Waals surface area contributed by atoms with E-state index in [9.17, 15) is 0 Å². The number of halogens is 1. The zero-order valence-electron chi connectivity index (χ0n) is 11.9. The van der Waals surface area contributed by atoms with Crippen LogP contribution in [-0.4, -0.2) is 42.6 Å². The summed E-state index contributed by atoms with van der Waals surface area (Å²) in [5, 5.41) is 0.213. The molecule has 0 aliphatic carbocycles. The summed E-state index contributed by atoms with van der Waals surface area (Å²) >= 11 is 5.94. The number of benzene rings is 1. The first-order valence-corrected chi connectivity index (χ1v) is 6.78. The van der Waals surface area contributed by atoms with Gasteiger partial charge in [0.15, 0.2) is 0 Å². The molecular weight excluding hydrogens is 274 g/mol. The summed E-state index contributed by atoms with van der Waals surface area (Å²) in [5.74, 6) is 1.15. The van der Waals surface area contributed by atoms with Gasteiger partial charge >= 0.3 is 0 Å². The lowest BCUT2D eigenvalue weighted by atomic mass is 10.1. The summed E-state index contributed by atoms with van der Waals surface area (Å²) in [6, 6.07) is 10.3. The summed E-state index contributed by atoms with van der Waals surface area (Å²) in [6.07, 6.45) is 0.929. The van der Waals surface area contributed by atoms with E-state index in [-0.39, 0.29) is 5.28 Å². The summed E-state index contributed by atoms with van der Waals surface area (Å²) in [4.78, 5) is 16.4. The third-order valence-corrected chi connectivity index (χ3v) is 3.07. The zero-order valence-corrected chi connectivity index (χ0v) is 12.7. The molecule has 0 aliphatic heterocycles. The summed E-state index contributed by atoms with van der Waals surface area (Å²) in [6.45, 7) is 0.817. The molecule has 0 radical (unpaired) electrons. The van der Waals surface area contributed by atoms with E-state index in [4.69, 9.17) is 11.6 Å². The van der Waals surface area contributed by atoms with Crippen molar-refractivity contribution in [2.45, 2.75) is 6.42 Å². The summed E-state index contributed by atoms with van der Waals surface area (Å²) < 4.78 is 0. The van der Waals surface area contributed by atoms with Gasteiger partial charge in [-0.25, -0.2) is 0 Å². The highest BCUT2D eigenvalue weighted by atomic mass is 35.5. The second kappa shape index (κ2) is 6.52. The van der Waals surface area contributed by atoms with E-state index >= 15 is 0 Å². The Morgan fingerprint density at radius 1 is 0.950 bits per heavy atom. The molecule has 1 aromatic heterocycles. The van der Waals surface area contributed by atoms with Gasteiger partial charge in [0.25, 0.3) is 0 Å². The van der Waals surface area contributed by atoms with Crippen LogP contribution in [0, 0.1) is 0 Å². The molecule has 0 saturated heterocycles. The van der Waals surface area contributed by atoms with Crippen LogP contribution in [0.4, 0.5) is 11.9 Å². The van der Waals surface area contributed by atoms with Crippen molar-refractivity contribution in [3.05, 3.63) is 41.2 Å². The molecule has 6 heteroatoms. The van der Waals surface area contributed by atoms with Gasteiger partial charge in [0.2, 0.25) is 17.2 Å². The molecule has 106 valence electrons. The molecule has 0 atom stereocenters. The zero-order chi connectivity index (χ0) is 14.5. The number of rotatable bonds is 5. The maximum atomic E-state index is 5.94. The maximum Gasteiger partial charge on any atom is 0.231 e. The number of hydrogen-bond donors (Lipinski definition) is 0. The standard InChI is InChI=1S/C14H18ClN5/c1-19(2)13-16-12(15)17-14(18-13)20(3)10-9-11-7-5-4-6-8-11/h4-8H,9-10H2,1-3H3. The van der Waals surface area contributed by atoms with Crippen molar-refractivity contribution >= 4 is 23.5 Å². The van der Waals surface area contributed by atoms with Crippen LogP contribution in [-0.2, 0) is 6.42 Å². The van der Waals surface area contributed by atoms with E-state index in [0.717, 1.165) is 13.0 Å². The van der Waals surface area contributed by atoms with Crippen molar-refractivity contribution in [1.82, 2.24) is 15.0 Å². The Bertz CT molecular complexity index is 559. The van der Waals surface area contributed by atoms with E-state index in [1.165, 1.54) is 5.56 Å². The predicted octanol–water partition coefficient (Wildman–Crippen LogP) is 2.27. The first-order valence-electron chi connectivity index (χ1n) is 6.40. The minimum absolute atomic E-state index is 0.213. The lowest BCUT2D eigenvalue weighted by Crippen LogP contribution is -2.24. The third kappa shape index (κ3) is 3.81. The van der Waals surface area contributed by atoms with E-state index in [1.54, 1.807) is 0 Å². The molecule has 0 saturated carbocycles. The Hall–Kier alpha value is -1.88. The smallest absolute Gasteiger partial charge is 0.231 e. The van der Waals surface area contributed by atoms with Gasteiger partial charge in [-0.2, -0.15) is 15.0 Å². The number of aromatic nitrogens is 3. The van der Waals surface area contributed by atoms with Gasteiger partial charge in [-0.05, 0) is 23.6 Å². The molecule has 0 N–H and O–H groups in total. The second-order valence-corrected chi connectivity index (χ2v) is 5.09. The molecule has 2 aromatic rings. The van der Waals surface area contributed by atoms with Crippen molar-refractivity contribution in [3.63, 3.8) is 0 Å². The number of nitrogens with zero attached hydrogens (tertiary/aromatic N) is 5. The van der Waals surface area contributed by atoms with Gasteiger partial charge in [-0.3, -0.25) is 0 Å². The minimum atomic E-state index is 0.213. The number of hydrogen-bond acceptors (Lipinski definition) is 5. The molecule has 1 heterocycles. The summed E-state index contributed by atoms with van der Waals surface area (Å²) in [5.41, 5.74) is 1.28.